The van der Waals surface area contributed by atoms with Gasteiger partial charge in [0, 0.05) is 23.5 Å². The Labute approximate surface area is 136 Å². The van der Waals surface area contributed by atoms with Crippen molar-refractivity contribution in [1.29, 1.82) is 0 Å². The summed E-state index contributed by atoms with van der Waals surface area (Å²) in [6, 6.07) is 2.63. The maximum atomic E-state index is 4.20. The first-order valence-electron chi connectivity index (χ1n) is 7.83. The third-order valence-corrected chi connectivity index (χ3v) is 3.85. The van der Waals surface area contributed by atoms with Gasteiger partial charge in [0.2, 0.25) is 0 Å². The molecule has 0 aliphatic carbocycles. The topological polar surface area (TPSA) is 4.93 Å². The van der Waals surface area contributed by atoms with Gasteiger partial charge in [-0.25, -0.2) is 0 Å². The molecule has 1 aromatic heterocycles. The molecule has 0 radical (unpaired) electrons. The summed E-state index contributed by atoms with van der Waals surface area (Å²) in [7, 11) is 0. The number of aromatic nitrogens is 1. The van der Waals surface area contributed by atoms with Crippen molar-refractivity contribution < 1.29 is 0 Å². The molecule has 0 aliphatic heterocycles. The van der Waals surface area contributed by atoms with Crippen LogP contribution in [-0.2, 0) is 0 Å². The van der Waals surface area contributed by atoms with Crippen LogP contribution in [0.5, 0.6) is 0 Å². The van der Waals surface area contributed by atoms with Gasteiger partial charge in [0.1, 0.15) is 0 Å². The lowest BCUT2D eigenvalue weighted by Crippen LogP contribution is -2.02. The van der Waals surface area contributed by atoms with E-state index in [9.17, 15) is 0 Å². The Bertz CT molecular complexity index is 645. The maximum absolute atomic E-state index is 4.20. The Hall–Kier alpha value is -2.02. The van der Waals surface area contributed by atoms with E-state index in [0.29, 0.717) is 6.04 Å². The molecule has 1 aromatic rings. The predicted molar refractivity (Wildman–Crippen MR) is 100 cm³/mol. The second kappa shape index (κ2) is 7.84. The van der Waals surface area contributed by atoms with Crippen LogP contribution in [0.15, 0.2) is 66.4 Å². The van der Waals surface area contributed by atoms with Gasteiger partial charge in [-0.3, -0.25) is 0 Å². The smallest absolute Gasteiger partial charge is 0.0276 e. The van der Waals surface area contributed by atoms with Gasteiger partial charge in [-0.15, -0.1) is 0 Å². The average molecular weight is 295 g/mol. The van der Waals surface area contributed by atoms with Crippen LogP contribution in [-0.4, -0.2) is 4.57 Å². The molecule has 0 aromatic carbocycles. The van der Waals surface area contributed by atoms with Crippen molar-refractivity contribution >= 4 is 5.57 Å². The van der Waals surface area contributed by atoms with Gasteiger partial charge in [-0.1, -0.05) is 37.0 Å². The standard InChI is InChI=1S/C21H29N/c1-9-10-11-17(6)18(7)14-21(15(2)3)20-12-13-22(16(4)5)19(20)8/h9-14,16H,2,7H2,1,3-6,8H3/b10-9-,17-11+,21-14-. The van der Waals surface area contributed by atoms with Crippen LogP contribution in [0.4, 0.5) is 0 Å². The lowest BCUT2D eigenvalue weighted by molar-refractivity contribution is 0.588. The molecular weight excluding hydrogens is 266 g/mol. The molecule has 0 N–H and O–H groups in total. The third kappa shape index (κ3) is 4.24. The van der Waals surface area contributed by atoms with E-state index >= 15 is 0 Å². The third-order valence-electron chi connectivity index (χ3n) is 3.85. The van der Waals surface area contributed by atoms with Gasteiger partial charge in [-0.05, 0) is 70.4 Å². The molecule has 22 heavy (non-hydrogen) atoms. The van der Waals surface area contributed by atoms with E-state index in [2.05, 4.69) is 76.8 Å². The molecule has 0 saturated heterocycles. The summed E-state index contributed by atoms with van der Waals surface area (Å²) in [4.78, 5) is 0. The highest BCUT2D eigenvalue weighted by Gasteiger charge is 2.12. The molecule has 0 saturated carbocycles. The SMILES string of the molecule is C=C(C)/C(=C/C(=C)/C(C)=C/C=C\C)c1ccn(C(C)C)c1C. The van der Waals surface area contributed by atoms with Crippen molar-refractivity contribution in [2.75, 3.05) is 0 Å². The van der Waals surface area contributed by atoms with E-state index in [0.717, 1.165) is 22.3 Å². The highest BCUT2D eigenvalue weighted by atomic mass is 15.0. The van der Waals surface area contributed by atoms with Gasteiger partial charge in [-0.2, -0.15) is 0 Å². The normalized spacial score (nSPS) is 13.2. The molecule has 1 rings (SSSR count). The lowest BCUT2D eigenvalue weighted by atomic mass is 9.96. The van der Waals surface area contributed by atoms with Crippen LogP contribution < -0.4 is 0 Å². The molecule has 118 valence electrons. The van der Waals surface area contributed by atoms with Crippen LogP contribution in [0.3, 0.4) is 0 Å². The number of nitrogens with zero attached hydrogens (tertiary/aromatic N) is 1. The van der Waals surface area contributed by atoms with Gasteiger partial charge >= 0.3 is 0 Å². The molecule has 0 amide bonds. The highest BCUT2D eigenvalue weighted by molar-refractivity contribution is 5.81. The highest BCUT2D eigenvalue weighted by Crippen LogP contribution is 2.29. The maximum Gasteiger partial charge on any atom is 0.0276 e. The quantitative estimate of drug-likeness (QED) is 0.534. The monoisotopic (exact) mass is 295 g/mol. The van der Waals surface area contributed by atoms with E-state index in [-0.39, 0.29) is 0 Å². The number of allylic oxidation sites excluding steroid dienone is 8. The molecule has 1 heterocycles. The van der Waals surface area contributed by atoms with E-state index < -0.39 is 0 Å². The molecular formula is C21H29N. The summed E-state index contributed by atoms with van der Waals surface area (Å²) in [6.07, 6.45) is 10.4. The zero-order valence-corrected chi connectivity index (χ0v) is 14.9. The second-order valence-corrected chi connectivity index (χ2v) is 6.05. The molecule has 0 atom stereocenters. The number of hydrogen-bond donors (Lipinski definition) is 0. The van der Waals surface area contributed by atoms with E-state index in [1.54, 1.807) is 0 Å². The average Bonchev–Trinajstić information content (AvgIpc) is 2.83. The Kier molecular flexibility index (Phi) is 6.42. The molecule has 0 spiro atoms. The van der Waals surface area contributed by atoms with Gasteiger partial charge < -0.3 is 4.57 Å². The Morgan fingerprint density at radius 1 is 1.23 bits per heavy atom. The molecule has 1 nitrogen and oxygen atoms in total. The van der Waals surface area contributed by atoms with Crippen LogP contribution in [0.25, 0.3) is 5.57 Å². The van der Waals surface area contributed by atoms with Crippen LogP contribution in [0.2, 0.25) is 0 Å². The summed E-state index contributed by atoms with van der Waals surface area (Å²) >= 11 is 0. The molecule has 1 heteroatoms. The molecule has 0 aliphatic rings. The van der Waals surface area contributed by atoms with Gasteiger partial charge in [0.25, 0.3) is 0 Å². The first-order valence-corrected chi connectivity index (χ1v) is 7.83. The Balaban J connectivity index is 3.28. The van der Waals surface area contributed by atoms with Crippen molar-refractivity contribution in [2.45, 2.75) is 47.6 Å². The molecule has 0 fully saturated rings. The minimum Gasteiger partial charge on any atom is -0.349 e. The van der Waals surface area contributed by atoms with E-state index in [1.165, 1.54) is 11.3 Å². The summed E-state index contributed by atoms with van der Waals surface area (Å²) in [6.45, 7) is 21.1. The van der Waals surface area contributed by atoms with Crippen LogP contribution >= 0.6 is 0 Å². The first kappa shape index (κ1) is 18.0. The van der Waals surface area contributed by atoms with Crippen molar-refractivity contribution in [3.8, 4) is 0 Å². The Morgan fingerprint density at radius 3 is 2.32 bits per heavy atom. The van der Waals surface area contributed by atoms with Gasteiger partial charge in [0.15, 0.2) is 0 Å². The van der Waals surface area contributed by atoms with Crippen LogP contribution in [0.1, 0.15) is 51.9 Å². The van der Waals surface area contributed by atoms with Crippen molar-refractivity contribution in [3.05, 3.63) is 77.7 Å². The molecule has 0 bridgehead atoms. The largest absolute Gasteiger partial charge is 0.349 e. The minimum atomic E-state index is 0.458. The number of hydrogen-bond acceptors (Lipinski definition) is 0. The van der Waals surface area contributed by atoms with Crippen LogP contribution in [0, 0.1) is 6.92 Å². The van der Waals surface area contributed by atoms with E-state index in [4.69, 9.17) is 0 Å². The summed E-state index contributed by atoms with van der Waals surface area (Å²) < 4.78 is 2.29. The Morgan fingerprint density at radius 2 is 1.86 bits per heavy atom. The summed E-state index contributed by atoms with van der Waals surface area (Å²) in [5, 5.41) is 0. The fourth-order valence-corrected chi connectivity index (χ4v) is 2.44. The zero-order chi connectivity index (χ0) is 16.9. The van der Waals surface area contributed by atoms with Gasteiger partial charge in [0.05, 0.1) is 0 Å². The second-order valence-electron chi connectivity index (χ2n) is 6.05. The molecule has 0 unspecified atom stereocenters. The van der Waals surface area contributed by atoms with Crippen molar-refractivity contribution in [2.24, 2.45) is 0 Å². The zero-order valence-electron chi connectivity index (χ0n) is 14.9. The fourth-order valence-electron chi connectivity index (χ4n) is 2.44. The number of rotatable bonds is 6. The minimum absolute atomic E-state index is 0.458. The van der Waals surface area contributed by atoms with E-state index in [1.807, 2.05) is 19.1 Å². The summed E-state index contributed by atoms with van der Waals surface area (Å²) in [5.41, 5.74) is 6.92. The summed E-state index contributed by atoms with van der Waals surface area (Å²) in [5.74, 6) is 0. The lowest BCUT2D eigenvalue weighted by Gasteiger charge is -2.13. The first-order chi connectivity index (χ1) is 10.3. The van der Waals surface area contributed by atoms with Crippen molar-refractivity contribution in [3.63, 3.8) is 0 Å². The van der Waals surface area contributed by atoms with Crippen molar-refractivity contribution in [1.82, 2.24) is 4.57 Å². The fraction of sp³-hybridized carbons (Fsp3) is 0.333. The predicted octanol–water partition coefficient (Wildman–Crippen LogP) is 6.42.